The number of nitrogens with one attached hydrogen (secondary N) is 1. The van der Waals surface area contributed by atoms with E-state index in [0.717, 1.165) is 25.0 Å². The van der Waals surface area contributed by atoms with E-state index in [9.17, 15) is 18.0 Å². The number of amides is 1. The molecule has 1 amide bonds. The number of carbonyl (C=O) groups excluding carboxylic acids is 1. The van der Waals surface area contributed by atoms with Crippen LogP contribution >= 0.6 is 11.3 Å². The summed E-state index contributed by atoms with van der Waals surface area (Å²) in [6, 6.07) is 3.55. The number of nitrogens with zero attached hydrogens (tertiary/aromatic N) is 2. The minimum absolute atomic E-state index is 0.0806. The fourth-order valence-corrected chi connectivity index (χ4v) is 4.31. The van der Waals surface area contributed by atoms with Crippen LogP contribution in [0.25, 0.3) is 10.2 Å². The maximum Gasteiger partial charge on any atom is 0.416 e. The third kappa shape index (κ3) is 4.82. The van der Waals surface area contributed by atoms with E-state index >= 15 is 0 Å². The van der Waals surface area contributed by atoms with Gasteiger partial charge in [-0.1, -0.05) is 0 Å². The van der Waals surface area contributed by atoms with Gasteiger partial charge in [0.2, 0.25) is 5.91 Å². The third-order valence-electron chi connectivity index (χ3n) is 5.31. The molecule has 0 atom stereocenters. The van der Waals surface area contributed by atoms with Crippen LogP contribution in [0.5, 0.6) is 0 Å². The first-order valence-electron chi connectivity index (χ1n) is 9.18. The van der Waals surface area contributed by atoms with E-state index in [4.69, 9.17) is 4.74 Å². The number of hydrogen-bond donors (Lipinski definition) is 1. The Kier molecular flexibility index (Phi) is 6.26. The molecule has 0 radical (unpaired) electrons. The number of likely N-dealkylation sites (N-methyl/N-ethyl adjacent to an activating group) is 1. The SMILES string of the molecule is CN(C)C1(CNC(=O)CCc2nc3cc(C(F)(F)F)ccc3s2)CCOCC1. The lowest BCUT2D eigenvalue weighted by Crippen LogP contribution is -2.55. The van der Waals surface area contributed by atoms with Gasteiger partial charge in [-0.15, -0.1) is 11.3 Å². The van der Waals surface area contributed by atoms with Crippen molar-refractivity contribution >= 4 is 27.5 Å². The number of alkyl halides is 3. The van der Waals surface area contributed by atoms with Gasteiger partial charge in [0, 0.05) is 38.1 Å². The minimum atomic E-state index is -4.38. The molecular weight excluding hydrogens is 391 g/mol. The molecule has 0 unspecified atom stereocenters. The van der Waals surface area contributed by atoms with Crippen LogP contribution in [0.15, 0.2) is 18.2 Å². The van der Waals surface area contributed by atoms with Crippen LogP contribution in [-0.4, -0.2) is 55.2 Å². The van der Waals surface area contributed by atoms with Gasteiger partial charge in [0.1, 0.15) is 0 Å². The predicted octanol–water partition coefficient (Wildman–Crippen LogP) is 3.47. The van der Waals surface area contributed by atoms with Gasteiger partial charge in [-0.25, -0.2) is 4.98 Å². The standard InChI is InChI=1S/C19H24F3N3O2S/c1-25(2)18(7-9-27-10-8-18)12-23-16(26)5-6-17-24-14-11-13(19(20,21)22)3-4-15(14)28-17/h3-4,11H,5-10,12H2,1-2H3,(H,23,26). The molecule has 154 valence electrons. The smallest absolute Gasteiger partial charge is 0.381 e. The van der Waals surface area contributed by atoms with Crippen LogP contribution in [0.2, 0.25) is 0 Å². The molecule has 28 heavy (non-hydrogen) atoms. The number of thiazole rings is 1. The number of fused-ring (bicyclic) bond motifs is 1. The maximum absolute atomic E-state index is 12.8. The lowest BCUT2D eigenvalue weighted by atomic mass is 9.88. The fraction of sp³-hybridized carbons (Fsp3) is 0.579. The molecule has 1 aliphatic rings. The maximum atomic E-state index is 12.8. The van der Waals surface area contributed by atoms with Gasteiger partial charge in [-0.3, -0.25) is 4.79 Å². The lowest BCUT2D eigenvalue weighted by Gasteiger charge is -2.42. The Bertz CT molecular complexity index is 829. The fourth-order valence-electron chi connectivity index (χ4n) is 3.36. The van der Waals surface area contributed by atoms with Crippen LogP contribution in [0.4, 0.5) is 13.2 Å². The van der Waals surface area contributed by atoms with Crippen LogP contribution in [-0.2, 0) is 22.1 Å². The quantitative estimate of drug-likeness (QED) is 0.785. The lowest BCUT2D eigenvalue weighted by molar-refractivity contribution is -0.137. The first kappa shape index (κ1) is 21.0. The molecule has 0 bridgehead atoms. The number of benzene rings is 1. The summed E-state index contributed by atoms with van der Waals surface area (Å²) < 4.78 is 44.6. The zero-order chi connectivity index (χ0) is 20.4. The zero-order valence-electron chi connectivity index (χ0n) is 15.9. The average Bonchev–Trinajstić information content (AvgIpc) is 3.07. The molecule has 2 heterocycles. The second-order valence-electron chi connectivity index (χ2n) is 7.30. The van der Waals surface area contributed by atoms with E-state index in [-0.39, 0.29) is 17.9 Å². The summed E-state index contributed by atoms with van der Waals surface area (Å²) in [6.45, 7) is 1.91. The van der Waals surface area contributed by atoms with Crippen LogP contribution in [0.1, 0.15) is 29.8 Å². The van der Waals surface area contributed by atoms with Gasteiger partial charge in [0.25, 0.3) is 0 Å². The van der Waals surface area contributed by atoms with E-state index in [0.29, 0.717) is 41.4 Å². The Balaban J connectivity index is 1.57. The summed E-state index contributed by atoms with van der Waals surface area (Å²) in [5, 5.41) is 3.66. The summed E-state index contributed by atoms with van der Waals surface area (Å²) >= 11 is 1.33. The monoisotopic (exact) mass is 415 g/mol. The van der Waals surface area contributed by atoms with Crippen molar-refractivity contribution < 1.29 is 22.7 Å². The summed E-state index contributed by atoms with van der Waals surface area (Å²) in [6.07, 6.45) is -2.00. The van der Waals surface area contributed by atoms with E-state index in [1.807, 2.05) is 14.1 Å². The molecule has 9 heteroatoms. The summed E-state index contributed by atoms with van der Waals surface area (Å²) in [5.74, 6) is -0.0806. The summed E-state index contributed by atoms with van der Waals surface area (Å²) in [5.41, 5.74) is -0.485. The molecule has 5 nitrogen and oxygen atoms in total. The molecule has 0 spiro atoms. The van der Waals surface area contributed by atoms with E-state index in [1.165, 1.54) is 17.4 Å². The Hall–Kier alpha value is -1.71. The number of ether oxygens (including phenoxy) is 1. The number of rotatable bonds is 6. The summed E-state index contributed by atoms with van der Waals surface area (Å²) in [4.78, 5) is 18.7. The first-order valence-corrected chi connectivity index (χ1v) is 10.00. The normalized spacial score (nSPS) is 17.2. The van der Waals surface area contributed by atoms with Crippen molar-refractivity contribution in [2.24, 2.45) is 0 Å². The molecule has 1 fully saturated rings. The second-order valence-corrected chi connectivity index (χ2v) is 8.41. The van der Waals surface area contributed by atoms with Crippen molar-refractivity contribution in [1.82, 2.24) is 15.2 Å². The Morgan fingerprint density at radius 3 is 2.68 bits per heavy atom. The molecule has 1 N–H and O–H groups in total. The molecule has 0 saturated carbocycles. The Morgan fingerprint density at radius 2 is 2.04 bits per heavy atom. The number of hydrogen-bond acceptors (Lipinski definition) is 5. The van der Waals surface area contributed by atoms with E-state index in [1.54, 1.807) is 0 Å². The molecular formula is C19H24F3N3O2S. The van der Waals surface area contributed by atoms with Gasteiger partial charge in [-0.05, 0) is 45.1 Å². The van der Waals surface area contributed by atoms with Crippen LogP contribution in [0, 0.1) is 0 Å². The second kappa shape index (κ2) is 8.34. The van der Waals surface area contributed by atoms with E-state index in [2.05, 4.69) is 15.2 Å². The number of halogens is 3. The van der Waals surface area contributed by atoms with Crippen molar-refractivity contribution in [3.05, 3.63) is 28.8 Å². The number of carbonyl (C=O) groups is 1. The topological polar surface area (TPSA) is 54.5 Å². The zero-order valence-corrected chi connectivity index (χ0v) is 16.8. The van der Waals surface area contributed by atoms with Crippen LogP contribution in [0.3, 0.4) is 0 Å². The third-order valence-corrected chi connectivity index (χ3v) is 6.41. The Morgan fingerprint density at radius 1 is 1.32 bits per heavy atom. The highest BCUT2D eigenvalue weighted by molar-refractivity contribution is 7.18. The molecule has 1 aromatic carbocycles. The van der Waals surface area contributed by atoms with E-state index < -0.39 is 11.7 Å². The Labute approximate surface area is 165 Å². The molecule has 2 aromatic rings. The van der Waals surface area contributed by atoms with Crippen molar-refractivity contribution in [3.8, 4) is 0 Å². The van der Waals surface area contributed by atoms with Crippen molar-refractivity contribution in [2.45, 2.75) is 37.4 Å². The molecule has 1 aliphatic heterocycles. The largest absolute Gasteiger partial charge is 0.416 e. The van der Waals surface area contributed by atoms with Crippen LogP contribution < -0.4 is 5.32 Å². The van der Waals surface area contributed by atoms with Gasteiger partial charge in [0.05, 0.1) is 20.8 Å². The van der Waals surface area contributed by atoms with Gasteiger partial charge >= 0.3 is 6.18 Å². The molecule has 1 saturated heterocycles. The highest BCUT2D eigenvalue weighted by Gasteiger charge is 2.35. The minimum Gasteiger partial charge on any atom is -0.381 e. The van der Waals surface area contributed by atoms with Crippen molar-refractivity contribution in [3.63, 3.8) is 0 Å². The molecule has 3 rings (SSSR count). The first-order chi connectivity index (χ1) is 13.2. The average molecular weight is 415 g/mol. The highest BCUT2D eigenvalue weighted by Crippen LogP contribution is 2.33. The van der Waals surface area contributed by atoms with Gasteiger partial charge in [-0.2, -0.15) is 13.2 Å². The highest BCUT2D eigenvalue weighted by atomic mass is 32.1. The molecule has 0 aliphatic carbocycles. The van der Waals surface area contributed by atoms with Gasteiger partial charge in [0.15, 0.2) is 0 Å². The number of aromatic nitrogens is 1. The van der Waals surface area contributed by atoms with Crippen molar-refractivity contribution in [1.29, 1.82) is 0 Å². The van der Waals surface area contributed by atoms with Gasteiger partial charge < -0.3 is 15.0 Å². The number of aryl methyl sites for hydroxylation is 1. The van der Waals surface area contributed by atoms with Crippen molar-refractivity contribution in [2.75, 3.05) is 33.9 Å². The molecule has 1 aromatic heterocycles. The predicted molar refractivity (Wildman–Crippen MR) is 102 cm³/mol. The summed E-state index contributed by atoms with van der Waals surface area (Å²) in [7, 11) is 4.02.